The van der Waals surface area contributed by atoms with Gasteiger partial charge in [-0.15, -0.1) is 11.3 Å². The molecule has 0 radical (unpaired) electrons. The highest BCUT2D eigenvalue weighted by Gasteiger charge is 2.19. The van der Waals surface area contributed by atoms with Gasteiger partial charge in [0.2, 0.25) is 5.91 Å². The summed E-state index contributed by atoms with van der Waals surface area (Å²) < 4.78 is 21.5. The van der Waals surface area contributed by atoms with Gasteiger partial charge in [0.1, 0.15) is 6.61 Å². The predicted octanol–water partition coefficient (Wildman–Crippen LogP) is 1.26. The van der Waals surface area contributed by atoms with Crippen LogP contribution in [0.3, 0.4) is 0 Å². The number of aromatic nitrogens is 1. The number of nitrogens with zero attached hydrogens (tertiary/aromatic N) is 2. The van der Waals surface area contributed by atoms with E-state index < -0.39 is 6.50 Å². The lowest BCUT2D eigenvalue weighted by Gasteiger charge is -2.25. The number of hydrogen-bond acceptors (Lipinski definition) is 4. The van der Waals surface area contributed by atoms with Crippen molar-refractivity contribution < 1.29 is 12.3 Å². The number of carbonyl (C=O) groups excluding carboxylic acids is 1. The van der Waals surface area contributed by atoms with Crippen LogP contribution >= 0.6 is 27.3 Å². The monoisotopic (exact) mass is 278 g/mol. The first-order valence-electron chi connectivity index (χ1n) is 5.01. The molecule has 0 aromatic carbocycles. The number of morpholine rings is 1. The number of thiazole rings is 1. The van der Waals surface area contributed by atoms with E-state index in [1.54, 1.807) is 5.38 Å². The summed E-state index contributed by atoms with van der Waals surface area (Å²) in [5, 5.41) is 1.60. The average Bonchev–Trinajstić information content (AvgIpc) is 2.66. The smallest absolute Gasteiger partial charge is 0.249 e. The third-order valence-corrected chi connectivity index (χ3v) is 3.08. The maximum atomic E-state index is 11.5. The van der Waals surface area contributed by atoms with Crippen LogP contribution in [0.1, 0.15) is 8.44 Å². The zero-order valence-electron chi connectivity index (χ0n) is 9.20. The van der Waals surface area contributed by atoms with E-state index in [9.17, 15) is 4.79 Å². The Labute approximate surface area is 96.8 Å². The molecule has 2 rings (SSSR count). The molecule has 1 aromatic heterocycles. The molecule has 0 unspecified atom stereocenters. The molecule has 1 saturated heterocycles. The normalized spacial score (nSPS) is 20.6. The number of ether oxygens (including phenoxy) is 1. The van der Waals surface area contributed by atoms with Gasteiger partial charge in [0.05, 0.1) is 21.5 Å². The van der Waals surface area contributed by atoms with Gasteiger partial charge in [0.25, 0.3) is 0 Å². The molecule has 0 spiro atoms. The number of carbonyl (C=O) groups is 1. The van der Waals surface area contributed by atoms with Crippen LogP contribution in [0, 0.1) is 0 Å². The highest BCUT2D eigenvalue weighted by atomic mass is 79.9. The van der Waals surface area contributed by atoms with Gasteiger partial charge in [0.15, 0.2) is 3.92 Å². The molecule has 1 aliphatic rings. The Kier molecular flexibility index (Phi) is 2.43. The van der Waals surface area contributed by atoms with E-state index in [0.717, 1.165) is 4.90 Å². The largest absolute Gasteiger partial charge is 0.370 e. The van der Waals surface area contributed by atoms with E-state index in [2.05, 4.69) is 20.9 Å². The van der Waals surface area contributed by atoms with Crippen molar-refractivity contribution in [2.75, 3.05) is 19.8 Å². The first-order chi connectivity index (χ1) is 7.51. The van der Waals surface area contributed by atoms with Crippen LogP contribution < -0.4 is 0 Å². The van der Waals surface area contributed by atoms with Crippen LogP contribution in [0.15, 0.2) is 9.30 Å². The van der Waals surface area contributed by atoms with E-state index in [1.165, 1.54) is 11.3 Å². The standard InChI is InChI=1S/C8H9BrN2O2S/c9-8-10-6(5-14-8)3-11-1-2-13-4-7(11)12/h5H,1-4H2/i3D2. The van der Waals surface area contributed by atoms with Crippen molar-refractivity contribution in [2.45, 2.75) is 6.50 Å². The fraction of sp³-hybridized carbons (Fsp3) is 0.500. The predicted molar refractivity (Wildman–Crippen MR) is 56.1 cm³/mol. The highest BCUT2D eigenvalue weighted by Crippen LogP contribution is 2.17. The van der Waals surface area contributed by atoms with E-state index in [1.807, 2.05) is 0 Å². The number of halogens is 1. The van der Waals surface area contributed by atoms with Crippen LogP contribution in [0.25, 0.3) is 0 Å². The van der Waals surface area contributed by atoms with Crippen molar-refractivity contribution >= 4 is 33.2 Å². The van der Waals surface area contributed by atoms with Gasteiger partial charge in [-0.25, -0.2) is 4.98 Å². The van der Waals surface area contributed by atoms with Crippen LogP contribution in [-0.2, 0) is 16.0 Å². The Morgan fingerprint density at radius 2 is 2.71 bits per heavy atom. The van der Waals surface area contributed by atoms with Gasteiger partial charge >= 0.3 is 0 Å². The second-order valence-corrected chi connectivity index (χ2v) is 4.83. The Hall–Kier alpha value is -0.460. The van der Waals surface area contributed by atoms with Gasteiger partial charge < -0.3 is 9.64 Å². The van der Waals surface area contributed by atoms with E-state index in [4.69, 9.17) is 7.48 Å². The van der Waals surface area contributed by atoms with Gasteiger partial charge in [0, 0.05) is 11.9 Å². The molecule has 0 aliphatic carbocycles. The third kappa shape index (κ3) is 2.31. The van der Waals surface area contributed by atoms with E-state index in [-0.39, 0.29) is 24.8 Å². The summed E-state index contributed by atoms with van der Waals surface area (Å²) in [7, 11) is 0. The fourth-order valence-corrected chi connectivity index (χ4v) is 2.01. The first kappa shape index (κ1) is 7.78. The van der Waals surface area contributed by atoms with Gasteiger partial charge in [-0.3, -0.25) is 4.79 Å². The average molecular weight is 279 g/mol. The second kappa shape index (κ2) is 4.37. The topological polar surface area (TPSA) is 42.4 Å². The molecule has 0 saturated carbocycles. The molecule has 0 N–H and O–H groups in total. The Balaban J connectivity index is 2.26. The van der Waals surface area contributed by atoms with Gasteiger partial charge in [-0.1, -0.05) is 0 Å². The maximum Gasteiger partial charge on any atom is 0.249 e. The van der Waals surface area contributed by atoms with Crippen molar-refractivity contribution in [1.82, 2.24) is 9.88 Å². The fourth-order valence-electron chi connectivity index (χ4n) is 1.08. The van der Waals surface area contributed by atoms with Crippen molar-refractivity contribution in [3.8, 4) is 0 Å². The molecular formula is C8H9BrN2O2S. The summed E-state index contributed by atoms with van der Waals surface area (Å²) in [5.41, 5.74) is 0.250. The molecule has 1 aliphatic heterocycles. The number of rotatable bonds is 2. The van der Waals surface area contributed by atoms with Crippen molar-refractivity contribution in [3.05, 3.63) is 15.0 Å². The minimum absolute atomic E-state index is 0.0647. The van der Waals surface area contributed by atoms with Crippen LogP contribution in [0.4, 0.5) is 0 Å². The van der Waals surface area contributed by atoms with Crippen molar-refractivity contribution in [2.24, 2.45) is 0 Å². The quantitative estimate of drug-likeness (QED) is 0.818. The van der Waals surface area contributed by atoms with Crippen molar-refractivity contribution in [1.29, 1.82) is 0 Å². The van der Waals surface area contributed by atoms with Gasteiger partial charge in [-0.2, -0.15) is 0 Å². The molecule has 1 aromatic rings. The molecule has 4 nitrogen and oxygen atoms in total. The minimum atomic E-state index is -1.87. The minimum Gasteiger partial charge on any atom is -0.370 e. The molecule has 76 valence electrons. The lowest BCUT2D eigenvalue weighted by Crippen LogP contribution is -2.40. The zero-order chi connectivity index (χ0) is 11.8. The SMILES string of the molecule is [2H]C([2H])(c1csc(Br)n1)N1CCOCC1=O. The van der Waals surface area contributed by atoms with E-state index in [0.29, 0.717) is 10.5 Å². The molecule has 2 heterocycles. The first-order valence-corrected chi connectivity index (χ1v) is 5.69. The lowest BCUT2D eigenvalue weighted by molar-refractivity contribution is -0.143. The summed E-state index contributed by atoms with van der Waals surface area (Å²) in [6.07, 6.45) is 0. The molecule has 0 atom stereocenters. The maximum absolute atomic E-state index is 11.5. The summed E-state index contributed by atoms with van der Waals surface area (Å²) in [4.78, 5) is 16.7. The summed E-state index contributed by atoms with van der Waals surface area (Å²) in [5.74, 6) is -0.347. The molecular weight excluding hydrogens is 268 g/mol. The second-order valence-electron chi connectivity index (χ2n) is 2.70. The van der Waals surface area contributed by atoms with Crippen molar-refractivity contribution in [3.63, 3.8) is 0 Å². The number of hydrogen-bond donors (Lipinski definition) is 0. The Morgan fingerprint density at radius 1 is 1.86 bits per heavy atom. The van der Waals surface area contributed by atoms with Crippen LogP contribution in [0.5, 0.6) is 0 Å². The van der Waals surface area contributed by atoms with Crippen LogP contribution in [-0.4, -0.2) is 35.5 Å². The highest BCUT2D eigenvalue weighted by molar-refractivity contribution is 9.11. The summed E-state index contributed by atoms with van der Waals surface area (Å²) in [6, 6.07) is 0. The third-order valence-electron chi connectivity index (χ3n) is 1.71. The molecule has 6 heteroatoms. The zero-order valence-corrected chi connectivity index (χ0v) is 9.60. The molecule has 1 amide bonds. The number of amides is 1. The molecule has 14 heavy (non-hydrogen) atoms. The van der Waals surface area contributed by atoms with E-state index >= 15 is 0 Å². The Morgan fingerprint density at radius 3 is 3.36 bits per heavy atom. The van der Waals surface area contributed by atoms with Gasteiger partial charge in [-0.05, 0) is 15.9 Å². The Bertz CT molecular complexity index is 412. The molecule has 0 bridgehead atoms. The molecule has 1 fully saturated rings. The summed E-state index contributed by atoms with van der Waals surface area (Å²) >= 11 is 4.47. The van der Waals surface area contributed by atoms with Crippen LogP contribution in [0.2, 0.25) is 0 Å². The summed E-state index contributed by atoms with van der Waals surface area (Å²) in [6.45, 7) is -1.33. The lowest BCUT2D eigenvalue weighted by atomic mass is 10.3.